The molecule has 4 aromatic rings. The summed E-state index contributed by atoms with van der Waals surface area (Å²) in [7, 11) is 0. The van der Waals surface area contributed by atoms with E-state index in [9.17, 15) is 14.4 Å². The van der Waals surface area contributed by atoms with Crippen molar-refractivity contribution < 1.29 is 18.8 Å². The summed E-state index contributed by atoms with van der Waals surface area (Å²) >= 11 is 3.32. The van der Waals surface area contributed by atoms with Crippen molar-refractivity contribution in [2.75, 3.05) is 5.32 Å². The highest BCUT2D eigenvalue weighted by Gasteiger charge is 2.64. The van der Waals surface area contributed by atoms with E-state index in [-0.39, 0.29) is 52.0 Å². The summed E-state index contributed by atoms with van der Waals surface area (Å²) in [6.07, 6.45) is 4.26. The van der Waals surface area contributed by atoms with Crippen molar-refractivity contribution in [1.29, 1.82) is 0 Å². The number of nitrogens with two attached hydrogens (primary N) is 1. The van der Waals surface area contributed by atoms with Crippen LogP contribution in [0.3, 0.4) is 0 Å². The molecule has 210 valence electrons. The number of aromatic nitrogens is 5. The average molecular weight is 621 g/mol. The van der Waals surface area contributed by atoms with Gasteiger partial charge in [-0.25, -0.2) is 19.3 Å². The van der Waals surface area contributed by atoms with Crippen LogP contribution in [0.1, 0.15) is 41.6 Å². The third-order valence-corrected chi connectivity index (χ3v) is 8.44. The highest BCUT2D eigenvalue weighted by Crippen LogP contribution is 2.59. The van der Waals surface area contributed by atoms with Crippen LogP contribution in [-0.2, 0) is 16.1 Å². The molecule has 2 aliphatic rings. The molecule has 1 saturated heterocycles. The van der Waals surface area contributed by atoms with Gasteiger partial charge in [-0.2, -0.15) is 5.10 Å². The van der Waals surface area contributed by atoms with E-state index >= 15 is 4.39 Å². The number of carbonyl (C=O) groups excluding carboxylic acids is 3. The zero-order chi connectivity index (χ0) is 29.2. The first-order chi connectivity index (χ1) is 19.5. The summed E-state index contributed by atoms with van der Waals surface area (Å²) in [5.41, 5.74) is 6.72. The van der Waals surface area contributed by atoms with Gasteiger partial charge in [0.25, 0.3) is 5.91 Å². The molecule has 1 saturated carbocycles. The zero-order valence-electron chi connectivity index (χ0n) is 22.5. The third kappa shape index (κ3) is 4.63. The van der Waals surface area contributed by atoms with Crippen LogP contribution in [-0.4, -0.2) is 59.4 Å². The zero-order valence-corrected chi connectivity index (χ0v) is 24.1. The second-order valence-electron chi connectivity index (χ2n) is 10.9. The lowest BCUT2D eigenvalue weighted by Crippen LogP contribution is -2.47. The quantitative estimate of drug-likeness (QED) is 0.313. The molecule has 0 spiro atoms. The second-order valence-corrected chi connectivity index (χ2v) is 11.7. The predicted octanol–water partition coefficient (Wildman–Crippen LogP) is 3.52. The van der Waals surface area contributed by atoms with Gasteiger partial charge in [0.15, 0.2) is 5.69 Å². The Bertz CT molecular complexity index is 1760. The number of anilines is 1. The minimum atomic E-state index is -0.928. The van der Waals surface area contributed by atoms with Crippen molar-refractivity contribution in [3.05, 3.63) is 64.2 Å². The number of nitrogens with zero attached hydrogens (tertiary/aromatic N) is 6. The van der Waals surface area contributed by atoms with E-state index in [0.29, 0.717) is 28.2 Å². The molecule has 3 atom stereocenters. The van der Waals surface area contributed by atoms with Gasteiger partial charge >= 0.3 is 0 Å². The minimum absolute atomic E-state index is 0.0912. The normalized spacial score (nSPS) is 21.1. The molecule has 0 radical (unpaired) electrons. The molecule has 3 amide bonds. The monoisotopic (exact) mass is 620 g/mol. The van der Waals surface area contributed by atoms with E-state index in [1.54, 1.807) is 24.0 Å². The van der Waals surface area contributed by atoms with Crippen LogP contribution in [0.5, 0.6) is 0 Å². The van der Waals surface area contributed by atoms with Gasteiger partial charge in [-0.05, 0) is 71.8 Å². The number of halogens is 2. The summed E-state index contributed by atoms with van der Waals surface area (Å²) in [5, 5.41) is 7.01. The van der Waals surface area contributed by atoms with Gasteiger partial charge in [-0.1, -0.05) is 13.0 Å². The molecule has 1 aliphatic carbocycles. The number of likely N-dealkylation sites (tertiary alicyclic amines) is 1. The van der Waals surface area contributed by atoms with Crippen LogP contribution in [0.15, 0.2) is 41.3 Å². The van der Waals surface area contributed by atoms with Crippen LogP contribution < -0.4 is 11.1 Å². The lowest BCUT2D eigenvalue weighted by molar-refractivity contribution is -0.138. The number of fused-ring (bicyclic) bond motifs is 2. The standard InChI is InChI=1S/C28H26BrFN8O3/c1-13-4-7-20(29)34-26(13)35-27(41)18-8-28(3)9-19(28)38(18)21(39)12-37-17-6-5-16(15-10-32-14(2)33-11-15)23(30)22(17)24(36-37)25(31)40/h4-7,10-11,18-19H,8-9,12H2,1-3H3,(H2,31,40)(H,34,35,41)/t18-,19+,28-/m0/s1. The van der Waals surface area contributed by atoms with Crippen molar-refractivity contribution in [2.45, 2.75) is 52.2 Å². The molecule has 1 aromatic carbocycles. The molecule has 3 N–H and O–H groups in total. The van der Waals surface area contributed by atoms with Gasteiger partial charge in [0.05, 0.1) is 10.9 Å². The molecule has 0 unspecified atom stereocenters. The molecule has 1 aliphatic heterocycles. The topological polar surface area (TPSA) is 149 Å². The molecule has 11 nitrogen and oxygen atoms in total. The first-order valence-corrected chi connectivity index (χ1v) is 13.8. The lowest BCUT2D eigenvalue weighted by Gasteiger charge is -2.27. The van der Waals surface area contributed by atoms with Gasteiger partial charge < -0.3 is 16.0 Å². The lowest BCUT2D eigenvalue weighted by atomic mass is 10.0. The number of aryl methyl sites for hydroxylation is 2. The second kappa shape index (κ2) is 9.68. The van der Waals surface area contributed by atoms with Gasteiger partial charge in [0.2, 0.25) is 11.8 Å². The first kappa shape index (κ1) is 26.9. The molecule has 4 heterocycles. The molecule has 6 rings (SSSR count). The molecule has 2 fully saturated rings. The number of pyridine rings is 1. The predicted molar refractivity (Wildman–Crippen MR) is 151 cm³/mol. The number of amides is 3. The summed E-state index contributed by atoms with van der Waals surface area (Å²) < 4.78 is 17.7. The Morgan fingerprint density at radius 1 is 1.15 bits per heavy atom. The van der Waals surface area contributed by atoms with Crippen LogP contribution in [0.25, 0.3) is 22.0 Å². The van der Waals surface area contributed by atoms with E-state index in [2.05, 4.69) is 41.3 Å². The van der Waals surface area contributed by atoms with Crippen molar-refractivity contribution in [2.24, 2.45) is 11.1 Å². The van der Waals surface area contributed by atoms with E-state index in [1.807, 2.05) is 19.9 Å². The number of primary amides is 1. The fraction of sp³-hybridized carbons (Fsp3) is 0.321. The van der Waals surface area contributed by atoms with Crippen LogP contribution >= 0.6 is 15.9 Å². The smallest absolute Gasteiger partial charge is 0.269 e. The number of piperidine rings is 1. The Morgan fingerprint density at radius 3 is 2.59 bits per heavy atom. The summed E-state index contributed by atoms with van der Waals surface area (Å²) in [5.74, 6) is -1.40. The van der Waals surface area contributed by atoms with Crippen molar-refractivity contribution in [1.82, 2.24) is 29.6 Å². The van der Waals surface area contributed by atoms with Gasteiger partial charge in [0, 0.05) is 29.6 Å². The number of carbonyl (C=O) groups is 3. The van der Waals surface area contributed by atoms with Crippen LogP contribution in [0, 0.1) is 25.1 Å². The fourth-order valence-electron chi connectivity index (χ4n) is 5.68. The molecular formula is C28H26BrFN8O3. The van der Waals surface area contributed by atoms with Crippen molar-refractivity contribution in [3.63, 3.8) is 0 Å². The summed E-state index contributed by atoms with van der Waals surface area (Å²) in [6, 6.07) is 5.90. The van der Waals surface area contributed by atoms with Gasteiger partial charge in [-0.3, -0.25) is 19.1 Å². The molecule has 3 aromatic heterocycles. The van der Waals surface area contributed by atoms with Crippen molar-refractivity contribution >= 4 is 50.4 Å². The molecule has 13 heteroatoms. The number of hydrogen-bond donors (Lipinski definition) is 2. The Kier molecular flexibility index (Phi) is 6.36. The highest BCUT2D eigenvalue weighted by molar-refractivity contribution is 9.10. The minimum Gasteiger partial charge on any atom is -0.364 e. The van der Waals surface area contributed by atoms with Crippen LogP contribution in [0.4, 0.5) is 10.2 Å². The number of nitrogens with one attached hydrogen (secondary N) is 1. The van der Waals surface area contributed by atoms with Gasteiger partial charge in [0.1, 0.15) is 34.6 Å². The van der Waals surface area contributed by atoms with E-state index in [1.165, 1.54) is 23.1 Å². The maximum atomic E-state index is 15.8. The largest absolute Gasteiger partial charge is 0.364 e. The SMILES string of the molecule is Cc1ncc(-c2ccc3c(c(C(N)=O)nn3CC(=O)N3[C@H](C(=O)Nc4nc(Br)ccc4C)C[C@@]4(C)C[C@@H]34)c2F)cn1. The fourth-order valence-corrected chi connectivity index (χ4v) is 5.99. The summed E-state index contributed by atoms with van der Waals surface area (Å²) in [4.78, 5) is 53.6. The summed E-state index contributed by atoms with van der Waals surface area (Å²) in [6.45, 7) is 5.29. The Labute approximate surface area is 242 Å². The van der Waals surface area contributed by atoms with E-state index < -0.39 is 17.8 Å². The molecular weight excluding hydrogens is 595 g/mol. The number of hydrogen-bond acceptors (Lipinski definition) is 7. The maximum absolute atomic E-state index is 15.8. The number of benzene rings is 1. The molecule has 41 heavy (non-hydrogen) atoms. The van der Waals surface area contributed by atoms with E-state index in [4.69, 9.17) is 5.73 Å². The highest BCUT2D eigenvalue weighted by atomic mass is 79.9. The molecule has 0 bridgehead atoms. The third-order valence-electron chi connectivity index (χ3n) is 8.00. The Balaban J connectivity index is 1.32. The van der Waals surface area contributed by atoms with Gasteiger partial charge in [-0.15, -0.1) is 0 Å². The Morgan fingerprint density at radius 2 is 1.88 bits per heavy atom. The number of rotatable bonds is 6. The first-order valence-electron chi connectivity index (χ1n) is 13.0. The Hall–Kier alpha value is -4.26. The average Bonchev–Trinajstić information content (AvgIpc) is 3.28. The van der Waals surface area contributed by atoms with Crippen LogP contribution in [0.2, 0.25) is 0 Å². The van der Waals surface area contributed by atoms with E-state index in [0.717, 1.165) is 12.0 Å². The van der Waals surface area contributed by atoms with Crippen molar-refractivity contribution in [3.8, 4) is 11.1 Å². The maximum Gasteiger partial charge on any atom is 0.269 e.